The van der Waals surface area contributed by atoms with Crippen LogP contribution < -0.4 is 0 Å². The second-order valence-corrected chi connectivity index (χ2v) is 5.97. The molecular weight excluding hydrogens is 208 g/mol. The number of unbranched alkanes of at least 4 members (excludes halogenated alkanes) is 1. The van der Waals surface area contributed by atoms with E-state index in [1.807, 2.05) is 6.08 Å². The van der Waals surface area contributed by atoms with Crippen molar-refractivity contribution in [2.75, 3.05) is 0 Å². The molecule has 0 aromatic carbocycles. The van der Waals surface area contributed by atoms with E-state index >= 15 is 0 Å². The smallest absolute Gasteiger partial charge is 0.0760 e. The third kappa shape index (κ3) is 4.83. The maximum absolute atomic E-state index is 6.31. The average Bonchev–Trinajstić information content (AvgIpc) is 2.35. The lowest BCUT2D eigenvalue weighted by Crippen LogP contribution is -2.38. The topological polar surface area (TPSA) is 9.23 Å². The predicted octanol–water partition coefficient (Wildman–Crippen LogP) is 5.11. The molecule has 1 aliphatic rings. The van der Waals surface area contributed by atoms with E-state index in [9.17, 15) is 0 Å². The zero-order valence-electron chi connectivity index (χ0n) is 12.0. The van der Waals surface area contributed by atoms with Crippen molar-refractivity contribution in [2.45, 2.75) is 83.8 Å². The molecule has 100 valence electrons. The predicted molar refractivity (Wildman–Crippen MR) is 75.2 cm³/mol. The lowest BCUT2D eigenvalue weighted by Gasteiger charge is -2.39. The zero-order chi connectivity index (χ0) is 12.7. The molecule has 1 atom stereocenters. The van der Waals surface area contributed by atoms with Crippen molar-refractivity contribution in [2.24, 2.45) is 5.92 Å². The first kappa shape index (κ1) is 14.8. The third-order valence-electron chi connectivity index (χ3n) is 4.15. The fourth-order valence-corrected chi connectivity index (χ4v) is 2.91. The number of hydrogen-bond donors (Lipinski definition) is 0. The summed E-state index contributed by atoms with van der Waals surface area (Å²) < 4.78 is 6.31. The van der Waals surface area contributed by atoms with E-state index in [1.54, 1.807) is 0 Å². The molecule has 1 rings (SSSR count). The fourth-order valence-electron chi connectivity index (χ4n) is 2.91. The molecule has 0 unspecified atom stereocenters. The summed E-state index contributed by atoms with van der Waals surface area (Å²) in [5.41, 5.74) is 0.0209. The second-order valence-electron chi connectivity index (χ2n) is 5.97. The quantitative estimate of drug-likeness (QED) is 0.560. The molecule has 0 saturated heterocycles. The van der Waals surface area contributed by atoms with E-state index in [2.05, 4.69) is 27.4 Å². The largest absolute Gasteiger partial charge is 0.368 e. The summed E-state index contributed by atoms with van der Waals surface area (Å²) in [6.45, 7) is 10.7. The summed E-state index contributed by atoms with van der Waals surface area (Å²) in [5.74, 6) is 0.736. The summed E-state index contributed by atoms with van der Waals surface area (Å²) in [6.07, 6.45) is 12.7. The van der Waals surface area contributed by atoms with Gasteiger partial charge in [-0.1, -0.05) is 45.1 Å². The Morgan fingerprint density at radius 1 is 1.29 bits per heavy atom. The van der Waals surface area contributed by atoms with Gasteiger partial charge in [-0.25, -0.2) is 0 Å². The molecule has 0 spiro atoms. The van der Waals surface area contributed by atoms with Crippen LogP contribution in [0.1, 0.15) is 72.1 Å². The third-order valence-corrected chi connectivity index (χ3v) is 4.15. The van der Waals surface area contributed by atoms with Gasteiger partial charge in [-0.15, -0.1) is 6.58 Å². The van der Waals surface area contributed by atoms with Gasteiger partial charge in [0.25, 0.3) is 0 Å². The lowest BCUT2D eigenvalue weighted by molar-refractivity contribution is -0.0987. The van der Waals surface area contributed by atoms with E-state index in [-0.39, 0.29) is 11.7 Å². The maximum atomic E-state index is 6.31. The molecule has 0 amide bonds. The Morgan fingerprint density at radius 2 is 1.94 bits per heavy atom. The molecule has 1 aliphatic carbocycles. The van der Waals surface area contributed by atoms with Gasteiger partial charge >= 0.3 is 0 Å². The van der Waals surface area contributed by atoms with Crippen LogP contribution in [0.25, 0.3) is 0 Å². The van der Waals surface area contributed by atoms with Gasteiger partial charge in [0, 0.05) is 0 Å². The molecular formula is C16H30O. The average molecular weight is 238 g/mol. The molecule has 0 aromatic heterocycles. The summed E-state index contributed by atoms with van der Waals surface area (Å²) in [5, 5.41) is 0. The summed E-state index contributed by atoms with van der Waals surface area (Å²) in [4.78, 5) is 0. The minimum atomic E-state index is 0.0209. The van der Waals surface area contributed by atoms with Gasteiger partial charge in [-0.05, 0) is 39.0 Å². The van der Waals surface area contributed by atoms with Crippen LogP contribution in [0.2, 0.25) is 0 Å². The molecule has 17 heavy (non-hydrogen) atoms. The highest BCUT2D eigenvalue weighted by Gasteiger charge is 2.32. The Labute approximate surface area is 108 Å². The van der Waals surface area contributed by atoms with Crippen LogP contribution >= 0.6 is 0 Å². The van der Waals surface area contributed by atoms with Crippen molar-refractivity contribution >= 4 is 0 Å². The fraction of sp³-hybridized carbons (Fsp3) is 0.875. The first-order valence-electron chi connectivity index (χ1n) is 7.40. The van der Waals surface area contributed by atoms with E-state index in [0.29, 0.717) is 0 Å². The van der Waals surface area contributed by atoms with Crippen LogP contribution in [-0.2, 0) is 4.74 Å². The van der Waals surface area contributed by atoms with Crippen molar-refractivity contribution in [3.8, 4) is 0 Å². The minimum Gasteiger partial charge on any atom is -0.368 e. The Kier molecular flexibility index (Phi) is 6.26. The highest BCUT2D eigenvalue weighted by Crippen LogP contribution is 2.35. The van der Waals surface area contributed by atoms with Crippen molar-refractivity contribution in [1.82, 2.24) is 0 Å². The molecule has 0 N–H and O–H groups in total. The number of hydrogen-bond acceptors (Lipinski definition) is 1. The Morgan fingerprint density at radius 3 is 2.47 bits per heavy atom. The standard InChI is InChI=1S/C16H30O/c1-5-7-13-15(6-2)17-16(3,4)14-11-9-8-10-12-14/h6,14-15H,2,5,7-13H2,1,3-4H3/t15-/m0/s1. The molecule has 1 fully saturated rings. The molecule has 0 aliphatic heterocycles. The number of rotatable bonds is 7. The highest BCUT2D eigenvalue weighted by atomic mass is 16.5. The zero-order valence-corrected chi connectivity index (χ0v) is 12.0. The summed E-state index contributed by atoms with van der Waals surface area (Å²) in [6, 6.07) is 0. The maximum Gasteiger partial charge on any atom is 0.0760 e. The van der Waals surface area contributed by atoms with Crippen LogP contribution in [0.4, 0.5) is 0 Å². The van der Waals surface area contributed by atoms with Crippen LogP contribution in [-0.4, -0.2) is 11.7 Å². The van der Waals surface area contributed by atoms with E-state index in [0.717, 1.165) is 12.3 Å². The highest BCUT2D eigenvalue weighted by molar-refractivity contribution is 4.88. The molecule has 0 aromatic rings. The molecule has 1 nitrogen and oxygen atoms in total. The van der Waals surface area contributed by atoms with Crippen molar-refractivity contribution < 1.29 is 4.74 Å². The van der Waals surface area contributed by atoms with Gasteiger partial charge in [0.15, 0.2) is 0 Å². The monoisotopic (exact) mass is 238 g/mol. The second kappa shape index (κ2) is 7.20. The Balaban J connectivity index is 2.46. The van der Waals surface area contributed by atoms with Gasteiger partial charge in [0.1, 0.15) is 0 Å². The van der Waals surface area contributed by atoms with Gasteiger partial charge < -0.3 is 4.74 Å². The van der Waals surface area contributed by atoms with Crippen molar-refractivity contribution in [1.29, 1.82) is 0 Å². The van der Waals surface area contributed by atoms with Gasteiger partial charge in [-0.3, -0.25) is 0 Å². The molecule has 1 saturated carbocycles. The van der Waals surface area contributed by atoms with E-state index in [1.165, 1.54) is 44.9 Å². The van der Waals surface area contributed by atoms with Gasteiger partial charge in [-0.2, -0.15) is 0 Å². The summed E-state index contributed by atoms with van der Waals surface area (Å²) >= 11 is 0. The number of ether oxygens (including phenoxy) is 1. The van der Waals surface area contributed by atoms with Crippen LogP contribution in [0, 0.1) is 5.92 Å². The molecule has 0 radical (unpaired) electrons. The minimum absolute atomic E-state index is 0.0209. The Bertz CT molecular complexity index is 214. The first-order valence-corrected chi connectivity index (χ1v) is 7.40. The van der Waals surface area contributed by atoms with E-state index < -0.39 is 0 Å². The molecule has 1 heteroatoms. The molecule has 0 heterocycles. The van der Waals surface area contributed by atoms with Gasteiger partial charge in [0.05, 0.1) is 11.7 Å². The summed E-state index contributed by atoms with van der Waals surface area (Å²) in [7, 11) is 0. The van der Waals surface area contributed by atoms with E-state index in [4.69, 9.17) is 4.74 Å². The van der Waals surface area contributed by atoms with Crippen LogP contribution in [0.3, 0.4) is 0 Å². The Hall–Kier alpha value is -0.300. The SMILES string of the molecule is C=C[C@@H](CCCC)OC(C)(C)C1CCCCC1. The van der Waals surface area contributed by atoms with Crippen LogP contribution in [0.5, 0.6) is 0 Å². The molecule has 0 bridgehead atoms. The first-order chi connectivity index (χ1) is 8.10. The van der Waals surface area contributed by atoms with Crippen molar-refractivity contribution in [3.63, 3.8) is 0 Å². The van der Waals surface area contributed by atoms with Crippen molar-refractivity contribution in [3.05, 3.63) is 12.7 Å². The normalized spacial score (nSPS) is 20.2. The van der Waals surface area contributed by atoms with Gasteiger partial charge in [0.2, 0.25) is 0 Å². The lowest BCUT2D eigenvalue weighted by atomic mass is 9.78. The van der Waals surface area contributed by atoms with Crippen LogP contribution in [0.15, 0.2) is 12.7 Å².